The lowest BCUT2D eigenvalue weighted by Gasteiger charge is -2.20. The van der Waals surface area contributed by atoms with E-state index in [4.69, 9.17) is 17.3 Å². The van der Waals surface area contributed by atoms with Crippen LogP contribution < -0.4 is 5.73 Å². The summed E-state index contributed by atoms with van der Waals surface area (Å²) < 4.78 is 0. The van der Waals surface area contributed by atoms with Gasteiger partial charge in [0.2, 0.25) is 0 Å². The summed E-state index contributed by atoms with van der Waals surface area (Å²) in [5.41, 5.74) is 7.33. The van der Waals surface area contributed by atoms with E-state index in [0.717, 1.165) is 43.1 Å². The van der Waals surface area contributed by atoms with Gasteiger partial charge in [0.1, 0.15) is 0 Å². The fraction of sp³-hybridized carbons (Fsp3) is 0.600. The molecule has 0 amide bonds. The molecule has 1 heterocycles. The van der Waals surface area contributed by atoms with E-state index in [2.05, 4.69) is 4.90 Å². The monoisotopic (exact) mass is 282 g/mol. The van der Waals surface area contributed by atoms with Gasteiger partial charge in [-0.05, 0) is 56.5 Å². The summed E-state index contributed by atoms with van der Waals surface area (Å²) in [6, 6.07) is 7.82. The normalized spacial score (nSPS) is 23.5. The van der Waals surface area contributed by atoms with Crippen molar-refractivity contribution in [2.45, 2.75) is 31.9 Å². The lowest BCUT2D eigenvalue weighted by molar-refractivity contribution is 0.127. The first-order valence-corrected chi connectivity index (χ1v) is 7.35. The topological polar surface area (TPSA) is 49.5 Å². The number of nitrogens with zero attached hydrogens (tertiary/aromatic N) is 1. The second kappa shape index (κ2) is 6.71. The van der Waals surface area contributed by atoms with Gasteiger partial charge < -0.3 is 15.7 Å². The smallest absolute Gasteiger partial charge is 0.0552 e. The molecule has 0 radical (unpaired) electrons. The highest BCUT2D eigenvalue weighted by molar-refractivity contribution is 6.30. The van der Waals surface area contributed by atoms with Gasteiger partial charge in [0.15, 0.2) is 0 Å². The molecule has 1 aliphatic rings. The Bertz CT molecular complexity index is 394. The van der Waals surface area contributed by atoms with Gasteiger partial charge in [-0.25, -0.2) is 0 Å². The zero-order valence-corrected chi connectivity index (χ0v) is 12.2. The third kappa shape index (κ3) is 4.18. The summed E-state index contributed by atoms with van der Waals surface area (Å²) in [5, 5.41) is 10.3. The van der Waals surface area contributed by atoms with Crippen LogP contribution in [0.3, 0.4) is 0 Å². The molecule has 1 aliphatic heterocycles. The first-order valence-electron chi connectivity index (χ1n) is 6.97. The Morgan fingerprint density at radius 1 is 1.42 bits per heavy atom. The summed E-state index contributed by atoms with van der Waals surface area (Å²) in [6.45, 7) is 4.94. The number of halogens is 1. The predicted octanol–water partition coefficient (Wildman–Crippen LogP) is 2.43. The van der Waals surface area contributed by atoms with Gasteiger partial charge in [0, 0.05) is 17.6 Å². The molecule has 106 valence electrons. The maximum Gasteiger partial charge on any atom is 0.0552 e. The van der Waals surface area contributed by atoms with Crippen LogP contribution in [-0.4, -0.2) is 35.7 Å². The number of aliphatic hydroxyl groups is 1. The summed E-state index contributed by atoms with van der Waals surface area (Å²) in [5.74, 6) is 0.423. The molecule has 3 atom stereocenters. The van der Waals surface area contributed by atoms with Crippen LogP contribution in [-0.2, 0) is 0 Å². The molecule has 1 aromatic rings. The lowest BCUT2D eigenvalue weighted by atomic mass is 10.0. The van der Waals surface area contributed by atoms with Gasteiger partial charge in [-0.1, -0.05) is 23.7 Å². The molecule has 1 aromatic carbocycles. The number of benzene rings is 1. The molecule has 1 fully saturated rings. The summed E-state index contributed by atoms with van der Waals surface area (Å²) in [6.07, 6.45) is 1.83. The van der Waals surface area contributed by atoms with Crippen LogP contribution in [0.4, 0.5) is 0 Å². The van der Waals surface area contributed by atoms with Crippen molar-refractivity contribution >= 4 is 11.6 Å². The van der Waals surface area contributed by atoms with E-state index >= 15 is 0 Å². The predicted molar refractivity (Wildman–Crippen MR) is 79.2 cm³/mol. The molecule has 3 nitrogen and oxygen atoms in total. The average molecular weight is 283 g/mol. The second-order valence-electron chi connectivity index (χ2n) is 5.54. The van der Waals surface area contributed by atoms with Gasteiger partial charge in [-0.3, -0.25) is 0 Å². The summed E-state index contributed by atoms with van der Waals surface area (Å²) in [7, 11) is 0. The maximum atomic E-state index is 9.59. The quantitative estimate of drug-likeness (QED) is 0.872. The van der Waals surface area contributed by atoms with Crippen molar-refractivity contribution in [2.75, 3.05) is 19.6 Å². The number of likely N-dealkylation sites (tertiary alicyclic amines) is 1. The first-order chi connectivity index (χ1) is 9.06. The van der Waals surface area contributed by atoms with Crippen molar-refractivity contribution in [1.82, 2.24) is 4.90 Å². The zero-order valence-electron chi connectivity index (χ0n) is 11.4. The van der Waals surface area contributed by atoms with Crippen LogP contribution in [0, 0.1) is 5.92 Å². The lowest BCUT2D eigenvalue weighted by Crippen LogP contribution is -2.27. The molecule has 0 aliphatic carbocycles. The van der Waals surface area contributed by atoms with Crippen molar-refractivity contribution < 1.29 is 5.11 Å². The fourth-order valence-corrected chi connectivity index (χ4v) is 2.78. The number of aliphatic hydroxyl groups excluding tert-OH is 1. The SMILES string of the molecule is CC(O)C1CCN(CCC(N)c2ccc(Cl)cc2)C1. The van der Waals surface area contributed by atoms with E-state index in [-0.39, 0.29) is 12.1 Å². The third-order valence-electron chi connectivity index (χ3n) is 4.05. The van der Waals surface area contributed by atoms with Crippen LogP contribution in [0.2, 0.25) is 5.02 Å². The molecule has 3 N–H and O–H groups in total. The minimum Gasteiger partial charge on any atom is -0.393 e. The molecule has 2 rings (SSSR count). The molecule has 1 saturated heterocycles. The fourth-order valence-electron chi connectivity index (χ4n) is 2.66. The number of hydrogen-bond acceptors (Lipinski definition) is 3. The molecule has 0 spiro atoms. The largest absolute Gasteiger partial charge is 0.393 e. The molecule has 3 unspecified atom stereocenters. The Balaban J connectivity index is 1.78. The van der Waals surface area contributed by atoms with Crippen LogP contribution in [0.25, 0.3) is 0 Å². The number of hydrogen-bond donors (Lipinski definition) is 2. The number of nitrogens with two attached hydrogens (primary N) is 1. The van der Waals surface area contributed by atoms with Gasteiger partial charge in [0.25, 0.3) is 0 Å². The Morgan fingerprint density at radius 3 is 2.68 bits per heavy atom. The van der Waals surface area contributed by atoms with Gasteiger partial charge in [-0.2, -0.15) is 0 Å². The van der Waals surface area contributed by atoms with Crippen molar-refractivity contribution in [2.24, 2.45) is 11.7 Å². The van der Waals surface area contributed by atoms with Crippen LogP contribution in [0.15, 0.2) is 24.3 Å². The molecular weight excluding hydrogens is 260 g/mol. The molecule has 0 aromatic heterocycles. The zero-order chi connectivity index (χ0) is 13.8. The van der Waals surface area contributed by atoms with Crippen LogP contribution >= 0.6 is 11.6 Å². The highest BCUT2D eigenvalue weighted by atomic mass is 35.5. The highest BCUT2D eigenvalue weighted by Gasteiger charge is 2.25. The molecule has 4 heteroatoms. The van der Waals surface area contributed by atoms with Gasteiger partial charge >= 0.3 is 0 Å². The Hall–Kier alpha value is -0.610. The van der Waals surface area contributed by atoms with Crippen LogP contribution in [0.1, 0.15) is 31.4 Å². The maximum absolute atomic E-state index is 9.59. The van der Waals surface area contributed by atoms with E-state index in [1.54, 1.807) is 0 Å². The Kier molecular flexibility index (Phi) is 5.22. The summed E-state index contributed by atoms with van der Waals surface area (Å²) in [4.78, 5) is 2.40. The first kappa shape index (κ1) is 14.8. The minimum absolute atomic E-state index is 0.0582. The van der Waals surface area contributed by atoms with Crippen molar-refractivity contribution in [3.8, 4) is 0 Å². The van der Waals surface area contributed by atoms with E-state index in [9.17, 15) is 5.11 Å². The van der Waals surface area contributed by atoms with E-state index < -0.39 is 0 Å². The van der Waals surface area contributed by atoms with Crippen LogP contribution in [0.5, 0.6) is 0 Å². The highest BCUT2D eigenvalue weighted by Crippen LogP contribution is 2.22. The van der Waals surface area contributed by atoms with E-state index in [1.807, 2.05) is 31.2 Å². The number of rotatable bonds is 5. The minimum atomic E-state index is -0.199. The molecular formula is C15H23ClN2O. The standard InChI is InChI=1S/C15H23ClN2O/c1-11(19)13-6-8-18(10-13)9-7-15(17)12-2-4-14(16)5-3-12/h2-5,11,13,15,19H,6-10,17H2,1H3. The Labute approximate surface area is 120 Å². The van der Waals surface area contributed by atoms with E-state index in [0.29, 0.717) is 5.92 Å². The van der Waals surface area contributed by atoms with Gasteiger partial charge in [-0.15, -0.1) is 0 Å². The molecule has 0 bridgehead atoms. The van der Waals surface area contributed by atoms with Crippen molar-refractivity contribution in [1.29, 1.82) is 0 Å². The Morgan fingerprint density at radius 2 is 2.11 bits per heavy atom. The third-order valence-corrected chi connectivity index (χ3v) is 4.30. The van der Waals surface area contributed by atoms with Crippen molar-refractivity contribution in [3.63, 3.8) is 0 Å². The molecule has 0 saturated carbocycles. The second-order valence-corrected chi connectivity index (χ2v) is 5.97. The van der Waals surface area contributed by atoms with E-state index in [1.165, 1.54) is 0 Å². The summed E-state index contributed by atoms with van der Waals surface area (Å²) >= 11 is 5.87. The van der Waals surface area contributed by atoms with Gasteiger partial charge in [0.05, 0.1) is 6.10 Å². The van der Waals surface area contributed by atoms with Crippen molar-refractivity contribution in [3.05, 3.63) is 34.9 Å². The average Bonchev–Trinajstić information content (AvgIpc) is 2.86. The molecule has 19 heavy (non-hydrogen) atoms.